The normalized spacial score (nSPS) is 4.00. The maximum Gasteiger partial charge on any atom is 1.00 e. The van der Waals surface area contributed by atoms with Crippen molar-refractivity contribution in [2.45, 2.75) is 0 Å². The number of rotatable bonds is 0. The molecule has 0 bridgehead atoms. The zero-order valence-corrected chi connectivity index (χ0v) is 6.17. The van der Waals surface area contributed by atoms with E-state index >= 15 is 0 Å². The average Bonchev–Trinajstić information content (AvgIpc) is 1.37. The summed E-state index contributed by atoms with van der Waals surface area (Å²) in [7, 11) is 0. The summed E-state index contributed by atoms with van der Waals surface area (Å²) in [5.41, 5.74) is 0. The molecule has 0 atom stereocenters. The Kier molecular flexibility index (Phi) is 16.4. The SMILES string of the molecule is CSC#N.[H-].[Na+]. The van der Waals surface area contributed by atoms with Crippen LogP contribution in [0, 0.1) is 10.7 Å². The number of hydrogen-bond acceptors (Lipinski definition) is 2. The average molecular weight is 97.1 g/mol. The number of thiocyanates is 1. The quantitative estimate of drug-likeness (QED) is 0.256. The fourth-order valence-corrected chi connectivity index (χ4v) is 0. The van der Waals surface area contributed by atoms with Gasteiger partial charge in [-0.05, 0) is 18.0 Å². The molecule has 0 radical (unpaired) electrons. The number of hydrogen-bond donors (Lipinski definition) is 0. The van der Waals surface area contributed by atoms with Gasteiger partial charge in [-0.1, -0.05) is 0 Å². The molecular formula is C2H4NNaS. The molecule has 0 aliphatic carbocycles. The molecular weight excluding hydrogens is 93.1 g/mol. The third kappa shape index (κ3) is 11.5. The second-order valence-corrected chi connectivity index (χ2v) is 0.886. The van der Waals surface area contributed by atoms with Gasteiger partial charge >= 0.3 is 29.6 Å². The van der Waals surface area contributed by atoms with E-state index in [9.17, 15) is 0 Å². The summed E-state index contributed by atoms with van der Waals surface area (Å²) < 4.78 is 0. The minimum absolute atomic E-state index is 0. The standard InChI is InChI=1S/C2H3NS.Na.H/c1-4-2-3;;/h1H3;;/q;+1;-1. The van der Waals surface area contributed by atoms with Crippen molar-refractivity contribution in [2.24, 2.45) is 0 Å². The topological polar surface area (TPSA) is 23.8 Å². The largest absolute Gasteiger partial charge is 1.00 e. The van der Waals surface area contributed by atoms with Crippen LogP contribution in [0.25, 0.3) is 0 Å². The third-order valence-electron chi connectivity index (χ3n) is 0.0913. The summed E-state index contributed by atoms with van der Waals surface area (Å²) in [5.74, 6) is 0. The first-order chi connectivity index (χ1) is 1.91. The van der Waals surface area contributed by atoms with Crippen LogP contribution < -0.4 is 29.6 Å². The molecule has 3 heteroatoms. The van der Waals surface area contributed by atoms with Crippen molar-refractivity contribution in [3.8, 4) is 5.40 Å². The molecule has 0 heterocycles. The molecule has 0 N–H and O–H groups in total. The van der Waals surface area contributed by atoms with Gasteiger partial charge in [0.05, 0.1) is 0 Å². The Balaban J connectivity index is -0.0000000450. The fourth-order valence-electron chi connectivity index (χ4n) is 0. The second-order valence-electron chi connectivity index (χ2n) is 0.295. The van der Waals surface area contributed by atoms with Gasteiger partial charge in [0.2, 0.25) is 0 Å². The minimum atomic E-state index is 0. The first kappa shape index (κ1) is 9.28. The zero-order valence-electron chi connectivity index (χ0n) is 4.36. The van der Waals surface area contributed by atoms with Gasteiger partial charge in [-0.3, -0.25) is 0 Å². The van der Waals surface area contributed by atoms with Crippen LogP contribution in [-0.2, 0) is 0 Å². The molecule has 24 valence electrons. The van der Waals surface area contributed by atoms with Crippen molar-refractivity contribution >= 4 is 11.8 Å². The summed E-state index contributed by atoms with van der Waals surface area (Å²) in [4.78, 5) is 0. The van der Waals surface area contributed by atoms with Crippen molar-refractivity contribution in [1.29, 1.82) is 5.26 Å². The van der Waals surface area contributed by atoms with Crippen LogP contribution in [0.3, 0.4) is 0 Å². The monoisotopic (exact) mass is 97.0 g/mol. The molecule has 0 saturated carbocycles. The van der Waals surface area contributed by atoms with Gasteiger partial charge in [0.1, 0.15) is 5.40 Å². The first-order valence-electron chi connectivity index (χ1n) is 0.836. The van der Waals surface area contributed by atoms with Crippen LogP contribution in [0.5, 0.6) is 0 Å². The van der Waals surface area contributed by atoms with Crippen molar-refractivity contribution in [1.82, 2.24) is 0 Å². The van der Waals surface area contributed by atoms with Crippen molar-refractivity contribution < 1.29 is 31.0 Å². The Morgan fingerprint density at radius 2 is 2.20 bits per heavy atom. The van der Waals surface area contributed by atoms with E-state index in [0.717, 1.165) is 11.8 Å². The Labute approximate surface area is 59.5 Å². The molecule has 0 amide bonds. The molecule has 0 aromatic rings. The van der Waals surface area contributed by atoms with Gasteiger partial charge in [-0.15, -0.1) is 0 Å². The van der Waals surface area contributed by atoms with E-state index in [-0.39, 0.29) is 31.0 Å². The summed E-state index contributed by atoms with van der Waals surface area (Å²) in [6.45, 7) is 0. The van der Waals surface area contributed by atoms with Crippen LogP contribution >= 0.6 is 11.8 Å². The van der Waals surface area contributed by atoms with E-state index in [4.69, 9.17) is 5.26 Å². The van der Waals surface area contributed by atoms with E-state index < -0.39 is 0 Å². The van der Waals surface area contributed by atoms with Crippen LogP contribution in [-0.4, -0.2) is 6.26 Å². The summed E-state index contributed by atoms with van der Waals surface area (Å²) in [6, 6.07) is 0. The van der Waals surface area contributed by atoms with E-state index in [1.54, 1.807) is 6.26 Å². The van der Waals surface area contributed by atoms with Crippen LogP contribution in [0.2, 0.25) is 0 Å². The van der Waals surface area contributed by atoms with Crippen molar-refractivity contribution in [3.05, 3.63) is 0 Å². The Morgan fingerprint density at radius 1 is 2.00 bits per heavy atom. The Morgan fingerprint density at radius 3 is 2.20 bits per heavy atom. The molecule has 0 unspecified atom stereocenters. The van der Waals surface area contributed by atoms with E-state index in [2.05, 4.69) is 0 Å². The summed E-state index contributed by atoms with van der Waals surface area (Å²) in [6.07, 6.45) is 1.74. The van der Waals surface area contributed by atoms with E-state index in [1.165, 1.54) is 0 Å². The van der Waals surface area contributed by atoms with Gasteiger partial charge in [0, 0.05) is 0 Å². The molecule has 1 nitrogen and oxygen atoms in total. The molecule has 0 aliphatic rings. The molecule has 0 rings (SSSR count). The first-order valence-corrected chi connectivity index (χ1v) is 2.06. The number of nitriles is 1. The molecule has 5 heavy (non-hydrogen) atoms. The molecule has 0 fully saturated rings. The van der Waals surface area contributed by atoms with Gasteiger partial charge < -0.3 is 1.43 Å². The zero-order chi connectivity index (χ0) is 3.41. The molecule has 0 saturated heterocycles. The predicted molar refractivity (Wildman–Crippen MR) is 20.2 cm³/mol. The van der Waals surface area contributed by atoms with Crippen molar-refractivity contribution in [3.63, 3.8) is 0 Å². The Bertz CT molecular complexity index is 43.3. The van der Waals surface area contributed by atoms with E-state index in [0.29, 0.717) is 0 Å². The van der Waals surface area contributed by atoms with Crippen molar-refractivity contribution in [2.75, 3.05) is 6.26 Å². The number of thioether (sulfide) groups is 1. The molecule has 0 aromatic heterocycles. The predicted octanol–water partition coefficient (Wildman–Crippen LogP) is -2.05. The van der Waals surface area contributed by atoms with Crippen LogP contribution in [0.4, 0.5) is 0 Å². The smallest absolute Gasteiger partial charge is 1.00 e. The summed E-state index contributed by atoms with van der Waals surface area (Å²) in [5, 5.41) is 9.44. The van der Waals surface area contributed by atoms with Gasteiger partial charge in [-0.2, -0.15) is 5.26 Å². The van der Waals surface area contributed by atoms with E-state index in [1.807, 2.05) is 5.40 Å². The van der Waals surface area contributed by atoms with Crippen LogP contribution in [0.1, 0.15) is 1.43 Å². The molecule has 0 aromatic carbocycles. The summed E-state index contributed by atoms with van der Waals surface area (Å²) >= 11 is 1.16. The third-order valence-corrected chi connectivity index (χ3v) is 0.274. The minimum Gasteiger partial charge on any atom is -1.00 e. The van der Waals surface area contributed by atoms with Crippen LogP contribution in [0.15, 0.2) is 0 Å². The molecule has 0 spiro atoms. The van der Waals surface area contributed by atoms with Gasteiger partial charge in [-0.25, -0.2) is 0 Å². The Hall–Kier alpha value is 0.840. The maximum absolute atomic E-state index is 7.59. The second kappa shape index (κ2) is 8.85. The molecule has 0 aliphatic heterocycles. The fraction of sp³-hybridized carbons (Fsp3) is 0.500. The van der Waals surface area contributed by atoms with Gasteiger partial charge in [0.15, 0.2) is 0 Å². The van der Waals surface area contributed by atoms with Gasteiger partial charge in [0.25, 0.3) is 0 Å². The number of nitrogens with zero attached hydrogens (tertiary/aromatic N) is 1. The maximum atomic E-state index is 7.59.